The molecule has 1 aliphatic carbocycles. The lowest BCUT2D eigenvalue weighted by molar-refractivity contribution is 0.172. The van der Waals surface area contributed by atoms with Gasteiger partial charge in [0.25, 0.3) is 0 Å². The van der Waals surface area contributed by atoms with Crippen LogP contribution in [-0.4, -0.2) is 31.2 Å². The molecule has 1 saturated carbocycles. The van der Waals surface area contributed by atoms with Gasteiger partial charge in [-0.2, -0.15) is 0 Å². The number of rotatable bonds is 6. The number of methoxy groups -OCH3 is 1. The second kappa shape index (κ2) is 7.86. The predicted octanol–water partition coefficient (Wildman–Crippen LogP) is 5.25. The van der Waals surface area contributed by atoms with Crippen molar-refractivity contribution in [3.05, 3.63) is 27.2 Å². The molecule has 23 heavy (non-hydrogen) atoms. The molecule has 1 unspecified atom stereocenters. The molecule has 0 heterocycles. The average molecular weight is 405 g/mol. The van der Waals surface area contributed by atoms with Crippen LogP contribution in [0.5, 0.6) is 5.75 Å². The highest BCUT2D eigenvalue weighted by Gasteiger charge is 2.40. The Labute approximate surface area is 150 Å². The molecule has 1 N–H and O–H groups in total. The summed E-state index contributed by atoms with van der Waals surface area (Å²) in [5.74, 6) is 0.728. The molecule has 0 radical (unpaired) electrons. The highest BCUT2D eigenvalue weighted by Crippen LogP contribution is 2.47. The summed E-state index contributed by atoms with van der Waals surface area (Å²) in [5.41, 5.74) is 1.76. The molecule has 4 nitrogen and oxygen atoms in total. The van der Waals surface area contributed by atoms with E-state index in [1.54, 1.807) is 7.11 Å². The van der Waals surface area contributed by atoms with Gasteiger partial charge >= 0.3 is 0 Å². The smallest absolute Gasteiger partial charge is 0.138 e. The molecule has 1 aromatic rings. The minimum Gasteiger partial charge on any atom is -0.492 e. The Bertz CT molecular complexity index is 589. The third-order valence-electron chi connectivity index (χ3n) is 4.37. The predicted molar refractivity (Wildman–Crippen MR) is 96.1 cm³/mol. The van der Waals surface area contributed by atoms with E-state index < -0.39 is 0 Å². The van der Waals surface area contributed by atoms with Crippen LogP contribution >= 0.6 is 27.5 Å². The van der Waals surface area contributed by atoms with E-state index in [0.717, 1.165) is 35.0 Å². The molecule has 6 heteroatoms. The summed E-state index contributed by atoms with van der Waals surface area (Å²) in [4.78, 5) is 0. The van der Waals surface area contributed by atoms with Crippen molar-refractivity contribution < 1.29 is 14.7 Å². The molecule has 128 valence electrons. The number of oxime groups is 1. The third-order valence-corrected chi connectivity index (χ3v) is 5.35. The lowest BCUT2D eigenvalue weighted by atomic mass is 9.86. The van der Waals surface area contributed by atoms with Crippen LogP contribution in [-0.2, 0) is 4.74 Å². The summed E-state index contributed by atoms with van der Waals surface area (Å²) < 4.78 is 11.7. The number of hydrogen-bond acceptors (Lipinski definition) is 4. The molecule has 1 aromatic carbocycles. The van der Waals surface area contributed by atoms with Gasteiger partial charge in [-0.1, -0.05) is 46.5 Å². The van der Waals surface area contributed by atoms with Gasteiger partial charge in [0.2, 0.25) is 0 Å². The van der Waals surface area contributed by atoms with Crippen LogP contribution in [0, 0.1) is 5.41 Å². The van der Waals surface area contributed by atoms with E-state index in [2.05, 4.69) is 34.9 Å². The molecule has 0 bridgehead atoms. The molecule has 0 aromatic heterocycles. The number of nitrogens with zero attached hydrogens (tertiary/aromatic N) is 1. The van der Waals surface area contributed by atoms with Crippen molar-refractivity contribution in [1.29, 1.82) is 0 Å². The number of ether oxygens (including phenoxy) is 2. The molecule has 0 spiro atoms. The van der Waals surface area contributed by atoms with Gasteiger partial charge < -0.3 is 14.7 Å². The van der Waals surface area contributed by atoms with Gasteiger partial charge in [-0.05, 0) is 30.5 Å². The van der Waals surface area contributed by atoms with Crippen LogP contribution in [0.15, 0.2) is 21.8 Å². The van der Waals surface area contributed by atoms with Crippen molar-refractivity contribution in [2.75, 3.05) is 20.3 Å². The van der Waals surface area contributed by atoms with E-state index in [1.807, 2.05) is 12.1 Å². The lowest BCUT2D eigenvalue weighted by Crippen LogP contribution is -2.21. The van der Waals surface area contributed by atoms with E-state index in [1.165, 1.54) is 0 Å². The average Bonchev–Trinajstić information content (AvgIpc) is 2.80. The summed E-state index contributed by atoms with van der Waals surface area (Å²) in [7, 11) is 1.67. The Morgan fingerprint density at radius 2 is 2.13 bits per heavy atom. The van der Waals surface area contributed by atoms with Crippen LogP contribution in [0.3, 0.4) is 0 Å². The highest BCUT2D eigenvalue weighted by atomic mass is 79.9. The third kappa shape index (κ3) is 4.20. The summed E-state index contributed by atoms with van der Waals surface area (Å²) in [6, 6.07) is 3.80. The van der Waals surface area contributed by atoms with E-state index in [9.17, 15) is 5.21 Å². The van der Waals surface area contributed by atoms with Gasteiger partial charge in [0, 0.05) is 35.9 Å². The second-order valence-electron chi connectivity index (χ2n) is 6.46. The summed E-state index contributed by atoms with van der Waals surface area (Å²) >= 11 is 9.86. The molecule has 1 fully saturated rings. The molecule has 2 rings (SSSR count). The van der Waals surface area contributed by atoms with Crippen molar-refractivity contribution in [3.8, 4) is 5.75 Å². The number of benzene rings is 1. The van der Waals surface area contributed by atoms with Gasteiger partial charge in [0.15, 0.2) is 0 Å². The molecule has 1 atom stereocenters. The first-order chi connectivity index (χ1) is 10.9. The van der Waals surface area contributed by atoms with Crippen LogP contribution in [0.1, 0.15) is 44.6 Å². The quantitative estimate of drug-likeness (QED) is 0.400. The normalized spacial score (nSPS) is 21.8. The van der Waals surface area contributed by atoms with Crippen molar-refractivity contribution in [3.63, 3.8) is 0 Å². The first-order valence-electron chi connectivity index (χ1n) is 7.74. The maximum absolute atomic E-state index is 9.45. The molecular formula is C17H23BrClNO3. The maximum atomic E-state index is 9.45. The van der Waals surface area contributed by atoms with Gasteiger partial charge in [0.05, 0.1) is 17.3 Å². The molecule has 0 saturated heterocycles. The summed E-state index contributed by atoms with van der Waals surface area (Å²) in [6.45, 7) is 5.41. The first-order valence-corrected chi connectivity index (χ1v) is 8.91. The van der Waals surface area contributed by atoms with Crippen molar-refractivity contribution in [2.24, 2.45) is 10.6 Å². The van der Waals surface area contributed by atoms with Gasteiger partial charge in [-0.3, -0.25) is 0 Å². The highest BCUT2D eigenvalue weighted by molar-refractivity contribution is 9.10. The number of hydrogen-bond donors (Lipinski definition) is 1. The Morgan fingerprint density at radius 1 is 1.39 bits per heavy atom. The first kappa shape index (κ1) is 18.6. The van der Waals surface area contributed by atoms with Crippen molar-refractivity contribution in [1.82, 2.24) is 0 Å². The fourth-order valence-corrected chi connectivity index (χ4v) is 4.03. The fourth-order valence-electron chi connectivity index (χ4n) is 3.06. The van der Waals surface area contributed by atoms with Crippen molar-refractivity contribution >= 4 is 33.2 Å². The minimum atomic E-state index is -0.0992. The fraction of sp³-hybridized carbons (Fsp3) is 0.588. The van der Waals surface area contributed by atoms with E-state index in [4.69, 9.17) is 21.1 Å². The van der Waals surface area contributed by atoms with Crippen LogP contribution < -0.4 is 4.74 Å². The monoisotopic (exact) mass is 403 g/mol. The summed E-state index contributed by atoms with van der Waals surface area (Å²) in [6.07, 6.45) is 2.73. The Balaban J connectivity index is 2.25. The van der Waals surface area contributed by atoms with E-state index in [0.29, 0.717) is 24.0 Å². The van der Waals surface area contributed by atoms with Gasteiger partial charge in [-0.15, -0.1) is 0 Å². The molecule has 0 aliphatic heterocycles. The summed E-state index contributed by atoms with van der Waals surface area (Å²) in [5, 5.41) is 13.6. The topological polar surface area (TPSA) is 51.0 Å². The van der Waals surface area contributed by atoms with E-state index in [-0.39, 0.29) is 11.3 Å². The molecule has 0 amide bonds. The Morgan fingerprint density at radius 3 is 2.78 bits per heavy atom. The maximum Gasteiger partial charge on any atom is 0.138 e. The van der Waals surface area contributed by atoms with Crippen LogP contribution in [0.25, 0.3) is 0 Å². The standard InChI is InChI=1S/C17H23BrClNO3/c1-17(2)6-5-11(16(17)20-21)12-9-15(14(19)10-13(12)18)23-8-4-7-22-3/h9-11,21H,4-8H2,1-3H3/b20-16+. The SMILES string of the molecule is COCCCOc1cc(C2CCC(C)(C)/C2=N/O)c(Br)cc1Cl. The largest absolute Gasteiger partial charge is 0.492 e. The molecule has 1 aliphatic rings. The zero-order valence-corrected chi connectivity index (χ0v) is 16.1. The molecular weight excluding hydrogens is 382 g/mol. The minimum absolute atomic E-state index is 0.0722. The number of halogens is 2. The Kier molecular flexibility index (Phi) is 6.34. The lowest BCUT2D eigenvalue weighted by Gasteiger charge is -2.21. The van der Waals surface area contributed by atoms with Crippen molar-refractivity contribution in [2.45, 2.75) is 39.0 Å². The van der Waals surface area contributed by atoms with Gasteiger partial charge in [0.1, 0.15) is 5.75 Å². The van der Waals surface area contributed by atoms with Gasteiger partial charge in [-0.25, -0.2) is 0 Å². The second-order valence-corrected chi connectivity index (χ2v) is 7.72. The zero-order valence-electron chi connectivity index (χ0n) is 13.7. The van der Waals surface area contributed by atoms with Crippen LogP contribution in [0.2, 0.25) is 5.02 Å². The van der Waals surface area contributed by atoms with E-state index >= 15 is 0 Å². The van der Waals surface area contributed by atoms with Crippen LogP contribution in [0.4, 0.5) is 0 Å². The Hall–Kier alpha value is -0.780. The zero-order chi connectivity index (χ0) is 17.0.